The Bertz CT molecular complexity index is 419. The van der Waals surface area contributed by atoms with Crippen LogP contribution in [0.2, 0.25) is 0 Å². The van der Waals surface area contributed by atoms with Crippen LogP contribution < -0.4 is 11.1 Å². The monoisotopic (exact) mass is 233 g/mol. The molecule has 0 saturated heterocycles. The maximum absolute atomic E-state index is 12.0. The molecule has 2 rings (SSSR count). The first-order chi connectivity index (χ1) is 8.08. The number of hydrogen-bond acceptors (Lipinski definition) is 3. The highest BCUT2D eigenvalue weighted by atomic mass is 16.1. The number of carbonyl (C=O) groups excluding carboxylic acids is 1. The number of nitrogen functional groups attached to an aromatic ring is 1. The average Bonchev–Trinajstić information content (AvgIpc) is 2.61. The van der Waals surface area contributed by atoms with Crippen LogP contribution in [-0.2, 0) is 0 Å². The third kappa shape index (κ3) is 2.57. The molecular formula is C13H19N3O. The highest BCUT2D eigenvalue weighted by molar-refractivity contribution is 5.93. The average molecular weight is 233 g/mol. The van der Waals surface area contributed by atoms with Gasteiger partial charge in [-0.15, -0.1) is 0 Å². The Morgan fingerprint density at radius 1 is 1.47 bits per heavy atom. The van der Waals surface area contributed by atoms with E-state index in [0.717, 1.165) is 6.42 Å². The van der Waals surface area contributed by atoms with E-state index in [2.05, 4.69) is 24.1 Å². The summed E-state index contributed by atoms with van der Waals surface area (Å²) in [5.41, 5.74) is 6.60. The quantitative estimate of drug-likeness (QED) is 0.818. The Morgan fingerprint density at radius 3 is 2.82 bits per heavy atom. The van der Waals surface area contributed by atoms with Gasteiger partial charge >= 0.3 is 0 Å². The Kier molecular flexibility index (Phi) is 3.31. The van der Waals surface area contributed by atoms with Gasteiger partial charge in [0.05, 0.1) is 0 Å². The van der Waals surface area contributed by atoms with Gasteiger partial charge < -0.3 is 11.1 Å². The van der Waals surface area contributed by atoms with Gasteiger partial charge in [-0.1, -0.05) is 13.8 Å². The molecule has 4 heteroatoms. The van der Waals surface area contributed by atoms with Crippen molar-refractivity contribution < 1.29 is 4.79 Å². The largest absolute Gasteiger partial charge is 0.399 e. The van der Waals surface area contributed by atoms with Crippen LogP contribution in [0, 0.1) is 11.8 Å². The van der Waals surface area contributed by atoms with Crippen molar-refractivity contribution in [3.63, 3.8) is 0 Å². The van der Waals surface area contributed by atoms with E-state index in [1.165, 1.54) is 6.42 Å². The minimum atomic E-state index is -0.122. The van der Waals surface area contributed by atoms with Crippen LogP contribution in [0.4, 0.5) is 5.69 Å². The Labute approximate surface area is 102 Å². The number of amides is 1. The summed E-state index contributed by atoms with van der Waals surface area (Å²) in [6, 6.07) is 3.55. The molecule has 3 N–H and O–H groups in total. The third-order valence-electron chi connectivity index (χ3n) is 3.80. The lowest BCUT2D eigenvalue weighted by atomic mass is 9.98. The van der Waals surface area contributed by atoms with Crippen LogP contribution in [-0.4, -0.2) is 16.9 Å². The molecule has 3 atom stereocenters. The van der Waals surface area contributed by atoms with E-state index in [0.29, 0.717) is 23.2 Å². The normalized spacial score (nSPS) is 28.0. The molecule has 1 amide bonds. The fourth-order valence-corrected chi connectivity index (χ4v) is 2.38. The van der Waals surface area contributed by atoms with Gasteiger partial charge in [0.1, 0.15) is 5.69 Å². The van der Waals surface area contributed by atoms with Crippen molar-refractivity contribution in [2.24, 2.45) is 11.8 Å². The molecule has 3 unspecified atom stereocenters. The van der Waals surface area contributed by atoms with Crippen molar-refractivity contribution in [3.8, 4) is 0 Å². The van der Waals surface area contributed by atoms with Gasteiger partial charge in [0.2, 0.25) is 0 Å². The molecule has 92 valence electrons. The van der Waals surface area contributed by atoms with Crippen LogP contribution in [0.5, 0.6) is 0 Å². The molecule has 1 fully saturated rings. The fraction of sp³-hybridized carbons (Fsp3) is 0.538. The summed E-state index contributed by atoms with van der Waals surface area (Å²) in [5, 5.41) is 3.05. The lowest BCUT2D eigenvalue weighted by Crippen LogP contribution is -2.37. The van der Waals surface area contributed by atoms with Crippen molar-refractivity contribution in [2.75, 3.05) is 5.73 Å². The number of pyridine rings is 1. The maximum Gasteiger partial charge on any atom is 0.270 e. The van der Waals surface area contributed by atoms with Gasteiger partial charge in [0.15, 0.2) is 0 Å². The Morgan fingerprint density at radius 2 is 2.24 bits per heavy atom. The van der Waals surface area contributed by atoms with Gasteiger partial charge in [-0.05, 0) is 36.8 Å². The molecule has 0 aliphatic heterocycles. The number of hydrogen-bond donors (Lipinski definition) is 2. The van der Waals surface area contributed by atoms with Crippen LogP contribution >= 0.6 is 0 Å². The highest BCUT2D eigenvalue weighted by Crippen LogP contribution is 2.31. The molecule has 0 spiro atoms. The maximum atomic E-state index is 12.0. The highest BCUT2D eigenvalue weighted by Gasteiger charge is 2.31. The summed E-state index contributed by atoms with van der Waals surface area (Å²) in [6.07, 6.45) is 3.79. The minimum absolute atomic E-state index is 0.122. The van der Waals surface area contributed by atoms with Gasteiger partial charge in [-0.25, -0.2) is 0 Å². The number of nitrogens with one attached hydrogen (secondary N) is 1. The van der Waals surface area contributed by atoms with Crippen molar-refractivity contribution in [1.29, 1.82) is 0 Å². The summed E-state index contributed by atoms with van der Waals surface area (Å²) >= 11 is 0. The summed E-state index contributed by atoms with van der Waals surface area (Å²) < 4.78 is 0. The topological polar surface area (TPSA) is 68.0 Å². The van der Waals surface area contributed by atoms with E-state index < -0.39 is 0 Å². The standard InChI is InChI=1S/C13H19N3O/c1-8-3-4-11(9(8)2)16-13(17)12-7-10(14)5-6-15-12/h5-9,11H,3-4H2,1-2H3,(H2,14,15)(H,16,17). The van der Waals surface area contributed by atoms with Gasteiger partial charge in [-0.2, -0.15) is 0 Å². The van der Waals surface area contributed by atoms with Crippen molar-refractivity contribution in [3.05, 3.63) is 24.0 Å². The first-order valence-corrected chi connectivity index (χ1v) is 6.10. The second-order valence-electron chi connectivity index (χ2n) is 4.97. The van der Waals surface area contributed by atoms with E-state index in [-0.39, 0.29) is 11.9 Å². The summed E-state index contributed by atoms with van der Waals surface area (Å²) in [7, 11) is 0. The first-order valence-electron chi connectivity index (χ1n) is 6.10. The van der Waals surface area contributed by atoms with Crippen molar-refractivity contribution >= 4 is 11.6 Å². The SMILES string of the molecule is CC1CCC(NC(=O)c2cc(N)ccn2)C1C. The lowest BCUT2D eigenvalue weighted by molar-refractivity contribution is 0.0922. The number of nitrogens with two attached hydrogens (primary N) is 1. The zero-order valence-corrected chi connectivity index (χ0v) is 10.3. The van der Waals surface area contributed by atoms with E-state index >= 15 is 0 Å². The van der Waals surface area contributed by atoms with Crippen molar-refractivity contribution in [1.82, 2.24) is 10.3 Å². The molecule has 4 nitrogen and oxygen atoms in total. The predicted octanol–water partition coefficient (Wildman–Crippen LogP) is 1.83. The molecule has 17 heavy (non-hydrogen) atoms. The fourth-order valence-electron chi connectivity index (χ4n) is 2.38. The van der Waals surface area contributed by atoms with Gasteiger partial charge in [0.25, 0.3) is 5.91 Å². The molecule has 0 bridgehead atoms. The van der Waals surface area contributed by atoms with E-state index in [4.69, 9.17) is 5.73 Å². The van der Waals surface area contributed by atoms with Crippen LogP contribution in [0.25, 0.3) is 0 Å². The predicted molar refractivity (Wildman–Crippen MR) is 67.5 cm³/mol. The van der Waals surface area contributed by atoms with E-state index in [9.17, 15) is 4.79 Å². The summed E-state index contributed by atoms with van der Waals surface area (Å²) in [4.78, 5) is 16.0. The van der Waals surface area contributed by atoms with Crippen LogP contribution in [0.1, 0.15) is 37.2 Å². The second-order valence-corrected chi connectivity index (χ2v) is 4.97. The number of nitrogens with zero attached hydrogens (tertiary/aromatic N) is 1. The molecule has 1 aromatic rings. The van der Waals surface area contributed by atoms with Crippen molar-refractivity contribution in [2.45, 2.75) is 32.7 Å². The molecule has 1 saturated carbocycles. The number of anilines is 1. The van der Waals surface area contributed by atoms with Gasteiger partial charge in [0, 0.05) is 17.9 Å². The van der Waals surface area contributed by atoms with E-state index in [1.807, 2.05) is 0 Å². The smallest absolute Gasteiger partial charge is 0.270 e. The van der Waals surface area contributed by atoms with E-state index in [1.54, 1.807) is 18.3 Å². The lowest BCUT2D eigenvalue weighted by Gasteiger charge is -2.19. The Hall–Kier alpha value is -1.58. The summed E-state index contributed by atoms with van der Waals surface area (Å²) in [5.74, 6) is 1.08. The zero-order valence-electron chi connectivity index (χ0n) is 10.3. The third-order valence-corrected chi connectivity index (χ3v) is 3.80. The molecule has 1 aliphatic rings. The van der Waals surface area contributed by atoms with Gasteiger partial charge in [-0.3, -0.25) is 9.78 Å². The van der Waals surface area contributed by atoms with Crippen LogP contribution in [0.3, 0.4) is 0 Å². The first kappa shape index (κ1) is 11.9. The summed E-state index contributed by atoms with van der Waals surface area (Å²) in [6.45, 7) is 4.42. The number of aromatic nitrogens is 1. The molecule has 1 aromatic heterocycles. The molecule has 0 radical (unpaired) electrons. The molecular weight excluding hydrogens is 214 g/mol. The molecule has 0 aromatic carbocycles. The minimum Gasteiger partial charge on any atom is -0.399 e. The molecule has 1 heterocycles. The molecule has 1 aliphatic carbocycles. The Balaban J connectivity index is 2.02. The number of carbonyl (C=O) groups is 1. The number of rotatable bonds is 2. The zero-order chi connectivity index (χ0) is 12.4. The van der Waals surface area contributed by atoms with Crippen LogP contribution in [0.15, 0.2) is 18.3 Å². The second kappa shape index (κ2) is 4.73.